The first kappa shape index (κ1) is 12.2. The number of hydrogen-bond acceptors (Lipinski definition) is 5. The molecular formula is C10H12ClN5S. The molecule has 0 spiro atoms. The fourth-order valence-corrected chi connectivity index (χ4v) is 2.11. The number of aromatic nitrogens is 4. The largest absolute Gasteiger partial charge is 0.383 e. The summed E-state index contributed by atoms with van der Waals surface area (Å²) in [7, 11) is 0. The minimum atomic E-state index is 0.347. The van der Waals surface area contributed by atoms with Crippen LogP contribution in [0, 0.1) is 0 Å². The standard InChI is InChI=1S/C10H12ClN5S/c1-2-5-17-10-6-8(12)16(15-10)9-4-3-7(11)13-14-9/h3-4,6H,2,5,12H2,1H3. The van der Waals surface area contributed by atoms with Crippen molar-refractivity contribution in [3.05, 3.63) is 23.4 Å². The normalized spacial score (nSPS) is 10.7. The van der Waals surface area contributed by atoms with Gasteiger partial charge in [0.05, 0.1) is 0 Å². The van der Waals surface area contributed by atoms with E-state index in [-0.39, 0.29) is 0 Å². The lowest BCUT2D eigenvalue weighted by Crippen LogP contribution is -2.04. The summed E-state index contributed by atoms with van der Waals surface area (Å²) in [4.78, 5) is 0. The topological polar surface area (TPSA) is 69.6 Å². The molecule has 2 aromatic rings. The molecule has 0 aliphatic rings. The molecule has 0 aliphatic heterocycles. The lowest BCUT2D eigenvalue weighted by molar-refractivity contribution is 0.793. The van der Waals surface area contributed by atoms with Gasteiger partial charge < -0.3 is 5.73 Å². The van der Waals surface area contributed by atoms with E-state index in [0.717, 1.165) is 17.2 Å². The third-order valence-corrected chi connectivity index (χ3v) is 3.31. The van der Waals surface area contributed by atoms with Gasteiger partial charge in [0.25, 0.3) is 0 Å². The van der Waals surface area contributed by atoms with Crippen LogP contribution in [0.5, 0.6) is 0 Å². The summed E-state index contributed by atoms with van der Waals surface area (Å²) in [6, 6.07) is 5.22. The maximum atomic E-state index is 5.87. The van der Waals surface area contributed by atoms with E-state index in [2.05, 4.69) is 22.2 Å². The lowest BCUT2D eigenvalue weighted by atomic mass is 10.5. The Bertz CT molecular complexity index is 496. The highest BCUT2D eigenvalue weighted by atomic mass is 35.5. The van der Waals surface area contributed by atoms with Gasteiger partial charge in [-0.3, -0.25) is 0 Å². The van der Waals surface area contributed by atoms with E-state index in [9.17, 15) is 0 Å². The van der Waals surface area contributed by atoms with Crippen molar-refractivity contribution in [3.8, 4) is 5.82 Å². The third kappa shape index (κ3) is 2.89. The zero-order valence-electron chi connectivity index (χ0n) is 9.30. The molecule has 0 fully saturated rings. The van der Waals surface area contributed by atoms with Crippen LogP contribution >= 0.6 is 23.4 Å². The second kappa shape index (κ2) is 5.37. The Hall–Kier alpha value is -1.27. The molecule has 7 heteroatoms. The van der Waals surface area contributed by atoms with E-state index in [1.165, 1.54) is 0 Å². The first-order valence-corrected chi connectivity index (χ1v) is 6.55. The molecule has 2 aromatic heterocycles. The van der Waals surface area contributed by atoms with Gasteiger partial charge in [0.15, 0.2) is 11.0 Å². The van der Waals surface area contributed by atoms with Crippen LogP contribution in [0.25, 0.3) is 5.82 Å². The van der Waals surface area contributed by atoms with E-state index >= 15 is 0 Å². The molecule has 2 heterocycles. The van der Waals surface area contributed by atoms with E-state index in [0.29, 0.717) is 16.8 Å². The number of nitrogen functional groups attached to an aromatic ring is 1. The molecule has 0 atom stereocenters. The fourth-order valence-electron chi connectivity index (χ4n) is 1.26. The molecule has 0 bridgehead atoms. The molecule has 90 valence electrons. The van der Waals surface area contributed by atoms with Gasteiger partial charge in [0.1, 0.15) is 10.8 Å². The molecule has 5 nitrogen and oxygen atoms in total. The van der Waals surface area contributed by atoms with Crippen molar-refractivity contribution in [2.75, 3.05) is 11.5 Å². The number of nitrogens with zero attached hydrogens (tertiary/aromatic N) is 4. The highest BCUT2D eigenvalue weighted by molar-refractivity contribution is 7.99. The van der Waals surface area contributed by atoms with Crippen LogP contribution in [0.4, 0.5) is 5.82 Å². The fraction of sp³-hybridized carbons (Fsp3) is 0.300. The van der Waals surface area contributed by atoms with Gasteiger partial charge in [0.2, 0.25) is 0 Å². The number of halogens is 1. The average molecular weight is 270 g/mol. The summed E-state index contributed by atoms with van der Waals surface area (Å²) in [6.45, 7) is 2.12. The highest BCUT2D eigenvalue weighted by Gasteiger charge is 2.08. The number of anilines is 1. The lowest BCUT2D eigenvalue weighted by Gasteiger charge is -2.00. The van der Waals surface area contributed by atoms with Gasteiger partial charge in [-0.2, -0.15) is 9.78 Å². The van der Waals surface area contributed by atoms with E-state index < -0.39 is 0 Å². The number of rotatable bonds is 4. The monoisotopic (exact) mass is 269 g/mol. The van der Waals surface area contributed by atoms with Crippen LogP contribution in [0.15, 0.2) is 23.2 Å². The summed E-state index contributed by atoms with van der Waals surface area (Å²) in [5.74, 6) is 2.12. The SMILES string of the molecule is CCCSc1cc(N)n(-c2ccc(Cl)nn2)n1. The minimum absolute atomic E-state index is 0.347. The molecule has 0 unspecified atom stereocenters. The first-order chi connectivity index (χ1) is 8.20. The smallest absolute Gasteiger partial charge is 0.178 e. The van der Waals surface area contributed by atoms with Crippen molar-refractivity contribution in [2.45, 2.75) is 18.4 Å². The minimum Gasteiger partial charge on any atom is -0.383 e. The van der Waals surface area contributed by atoms with Crippen molar-refractivity contribution in [3.63, 3.8) is 0 Å². The average Bonchev–Trinajstić information content (AvgIpc) is 2.69. The molecular weight excluding hydrogens is 258 g/mol. The van der Waals surface area contributed by atoms with E-state index in [4.69, 9.17) is 17.3 Å². The molecule has 0 aliphatic carbocycles. The zero-order valence-corrected chi connectivity index (χ0v) is 10.9. The molecule has 2 rings (SSSR count). The Morgan fingerprint density at radius 3 is 2.88 bits per heavy atom. The van der Waals surface area contributed by atoms with Crippen LogP contribution in [-0.4, -0.2) is 25.7 Å². The molecule has 0 amide bonds. The van der Waals surface area contributed by atoms with Crippen LogP contribution in [-0.2, 0) is 0 Å². The molecule has 0 saturated heterocycles. The van der Waals surface area contributed by atoms with Gasteiger partial charge in [-0.1, -0.05) is 18.5 Å². The predicted octanol–water partition coefficient (Wildman–Crippen LogP) is 2.40. The Balaban J connectivity index is 2.26. The first-order valence-electron chi connectivity index (χ1n) is 5.18. The molecule has 2 N–H and O–H groups in total. The van der Waals surface area contributed by atoms with Gasteiger partial charge in [-0.25, -0.2) is 0 Å². The van der Waals surface area contributed by atoms with Crippen molar-refractivity contribution < 1.29 is 0 Å². The second-order valence-electron chi connectivity index (χ2n) is 3.38. The van der Waals surface area contributed by atoms with Crippen LogP contribution < -0.4 is 5.73 Å². The van der Waals surface area contributed by atoms with Crippen molar-refractivity contribution >= 4 is 29.2 Å². The second-order valence-corrected chi connectivity index (χ2v) is 4.88. The Morgan fingerprint density at radius 2 is 2.24 bits per heavy atom. The molecule has 0 aromatic carbocycles. The Kier molecular flexibility index (Phi) is 3.86. The van der Waals surface area contributed by atoms with Gasteiger partial charge >= 0.3 is 0 Å². The van der Waals surface area contributed by atoms with Crippen LogP contribution in [0.3, 0.4) is 0 Å². The number of nitrogens with two attached hydrogens (primary N) is 1. The summed E-state index contributed by atoms with van der Waals surface area (Å²) in [5.41, 5.74) is 5.87. The summed E-state index contributed by atoms with van der Waals surface area (Å²) in [6.07, 6.45) is 1.10. The van der Waals surface area contributed by atoms with E-state index in [1.807, 2.05) is 6.07 Å². The Labute approximate surface area is 108 Å². The van der Waals surface area contributed by atoms with Gasteiger partial charge in [-0.05, 0) is 24.3 Å². The summed E-state index contributed by atoms with van der Waals surface area (Å²) in [5, 5.41) is 13.3. The number of hydrogen-bond donors (Lipinski definition) is 1. The highest BCUT2D eigenvalue weighted by Crippen LogP contribution is 2.21. The number of thioether (sulfide) groups is 1. The third-order valence-electron chi connectivity index (χ3n) is 2.00. The van der Waals surface area contributed by atoms with E-state index in [1.54, 1.807) is 28.6 Å². The summed E-state index contributed by atoms with van der Waals surface area (Å²) >= 11 is 7.34. The van der Waals surface area contributed by atoms with Gasteiger partial charge in [-0.15, -0.1) is 22.0 Å². The molecule has 0 radical (unpaired) electrons. The van der Waals surface area contributed by atoms with Crippen molar-refractivity contribution in [1.82, 2.24) is 20.0 Å². The maximum absolute atomic E-state index is 5.87. The van der Waals surface area contributed by atoms with Crippen LogP contribution in [0.2, 0.25) is 5.15 Å². The van der Waals surface area contributed by atoms with Crippen LogP contribution in [0.1, 0.15) is 13.3 Å². The maximum Gasteiger partial charge on any atom is 0.178 e. The molecule has 17 heavy (non-hydrogen) atoms. The van der Waals surface area contributed by atoms with Gasteiger partial charge in [0, 0.05) is 6.07 Å². The van der Waals surface area contributed by atoms with Crippen molar-refractivity contribution in [2.24, 2.45) is 0 Å². The quantitative estimate of drug-likeness (QED) is 0.863. The zero-order chi connectivity index (χ0) is 12.3. The summed E-state index contributed by atoms with van der Waals surface area (Å²) < 4.78 is 1.56. The van der Waals surface area contributed by atoms with Crippen molar-refractivity contribution in [1.29, 1.82) is 0 Å². The predicted molar refractivity (Wildman–Crippen MR) is 69.6 cm³/mol. The molecule has 0 saturated carbocycles. The Morgan fingerprint density at radius 1 is 1.41 bits per heavy atom.